The molecule has 0 spiro atoms. The zero-order valence-corrected chi connectivity index (χ0v) is 8.68. The second kappa shape index (κ2) is 6.51. The van der Waals surface area contributed by atoms with Crippen LogP contribution in [-0.4, -0.2) is 11.7 Å². The Morgan fingerprint density at radius 2 is 1.73 bits per heavy atom. The van der Waals surface area contributed by atoms with Crippen LogP contribution in [0.1, 0.15) is 31.2 Å². The lowest BCUT2D eigenvalue weighted by atomic mass is 10.1. The number of unbranched alkanes of at least 4 members (excludes halogenated alkanes) is 3. The summed E-state index contributed by atoms with van der Waals surface area (Å²) in [5.74, 6) is -0.992. The monoisotopic (exact) mass is 214 g/mol. The van der Waals surface area contributed by atoms with E-state index in [4.69, 9.17) is 5.11 Å². The van der Waals surface area contributed by atoms with Gasteiger partial charge >= 0.3 is 0 Å². The van der Waals surface area contributed by atoms with Gasteiger partial charge in [0.1, 0.15) is 11.6 Å². The van der Waals surface area contributed by atoms with Crippen LogP contribution in [0.15, 0.2) is 18.2 Å². The fourth-order valence-corrected chi connectivity index (χ4v) is 1.51. The molecule has 1 aromatic rings. The topological polar surface area (TPSA) is 20.2 Å². The molecule has 1 N–H and O–H groups in total. The summed E-state index contributed by atoms with van der Waals surface area (Å²) in [5, 5.41) is 8.56. The molecule has 15 heavy (non-hydrogen) atoms. The van der Waals surface area contributed by atoms with Crippen molar-refractivity contribution in [3.63, 3.8) is 0 Å². The maximum atomic E-state index is 13.1. The fourth-order valence-electron chi connectivity index (χ4n) is 1.51. The molecular weight excluding hydrogens is 198 g/mol. The molecule has 84 valence electrons. The van der Waals surface area contributed by atoms with E-state index in [1.807, 2.05) is 0 Å². The van der Waals surface area contributed by atoms with Crippen LogP contribution in [-0.2, 0) is 6.42 Å². The van der Waals surface area contributed by atoms with E-state index in [9.17, 15) is 8.78 Å². The van der Waals surface area contributed by atoms with E-state index in [2.05, 4.69) is 0 Å². The highest BCUT2D eigenvalue weighted by Crippen LogP contribution is 2.13. The first-order chi connectivity index (χ1) is 7.24. The Labute approximate surface area is 88.7 Å². The molecule has 0 heterocycles. The minimum Gasteiger partial charge on any atom is -0.396 e. The number of halogens is 2. The number of benzene rings is 1. The molecule has 0 aromatic heterocycles. The number of aliphatic hydroxyl groups is 1. The van der Waals surface area contributed by atoms with E-state index in [0.29, 0.717) is 12.0 Å². The summed E-state index contributed by atoms with van der Waals surface area (Å²) >= 11 is 0. The van der Waals surface area contributed by atoms with Gasteiger partial charge in [0.2, 0.25) is 0 Å². The minimum absolute atomic E-state index is 0.213. The lowest BCUT2D eigenvalue weighted by Gasteiger charge is -2.03. The van der Waals surface area contributed by atoms with E-state index in [1.54, 1.807) is 0 Å². The molecule has 0 fully saturated rings. The highest BCUT2D eigenvalue weighted by molar-refractivity contribution is 5.18. The van der Waals surface area contributed by atoms with Crippen LogP contribution in [0.4, 0.5) is 8.78 Å². The Balaban J connectivity index is 2.31. The van der Waals surface area contributed by atoms with Crippen molar-refractivity contribution in [1.29, 1.82) is 0 Å². The molecule has 0 unspecified atom stereocenters. The third kappa shape index (κ3) is 4.38. The molecule has 1 aromatic carbocycles. The van der Waals surface area contributed by atoms with Gasteiger partial charge in [-0.3, -0.25) is 0 Å². The van der Waals surface area contributed by atoms with Gasteiger partial charge in [-0.2, -0.15) is 0 Å². The largest absolute Gasteiger partial charge is 0.396 e. The molecule has 3 heteroatoms. The number of hydrogen-bond donors (Lipinski definition) is 1. The molecule has 1 rings (SSSR count). The molecule has 0 atom stereocenters. The normalized spacial score (nSPS) is 10.6. The summed E-state index contributed by atoms with van der Waals surface area (Å²) in [4.78, 5) is 0. The zero-order valence-electron chi connectivity index (χ0n) is 8.68. The highest BCUT2D eigenvalue weighted by Gasteiger charge is 2.02. The van der Waals surface area contributed by atoms with Gasteiger partial charge in [-0.15, -0.1) is 0 Å². The van der Waals surface area contributed by atoms with Crippen molar-refractivity contribution in [2.45, 2.75) is 32.1 Å². The molecule has 0 aliphatic carbocycles. The van der Waals surface area contributed by atoms with Gasteiger partial charge in [-0.1, -0.05) is 18.9 Å². The average molecular weight is 214 g/mol. The summed E-state index contributed by atoms with van der Waals surface area (Å²) < 4.78 is 25.7. The maximum Gasteiger partial charge on any atom is 0.129 e. The van der Waals surface area contributed by atoms with Gasteiger partial charge in [-0.05, 0) is 30.9 Å². The van der Waals surface area contributed by atoms with E-state index in [-0.39, 0.29) is 6.61 Å². The van der Waals surface area contributed by atoms with Gasteiger partial charge in [0.05, 0.1) is 0 Å². The molecule has 0 radical (unpaired) electrons. The van der Waals surface area contributed by atoms with Crippen molar-refractivity contribution in [1.82, 2.24) is 0 Å². The Morgan fingerprint density at radius 1 is 1.00 bits per heavy atom. The molecule has 0 saturated heterocycles. The standard InChI is InChI=1S/C12H16F2O/c13-11-7-6-10(12(14)9-11)5-3-1-2-4-8-15/h6-7,9,15H,1-5,8H2. The SMILES string of the molecule is OCCCCCCc1ccc(F)cc1F. The van der Waals surface area contributed by atoms with Gasteiger partial charge in [0, 0.05) is 12.7 Å². The second-order valence-corrected chi connectivity index (χ2v) is 3.62. The van der Waals surface area contributed by atoms with Crippen LogP contribution in [0, 0.1) is 11.6 Å². The van der Waals surface area contributed by atoms with E-state index in [0.717, 1.165) is 31.7 Å². The molecule has 0 aliphatic heterocycles. The molecule has 1 nitrogen and oxygen atoms in total. The first kappa shape index (κ1) is 12.1. The van der Waals surface area contributed by atoms with Crippen LogP contribution in [0.5, 0.6) is 0 Å². The van der Waals surface area contributed by atoms with Crippen molar-refractivity contribution >= 4 is 0 Å². The molecule has 0 aliphatic rings. The van der Waals surface area contributed by atoms with E-state index >= 15 is 0 Å². The molecular formula is C12H16F2O. The van der Waals surface area contributed by atoms with Gasteiger partial charge in [-0.25, -0.2) is 8.78 Å². The third-order valence-corrected chi connectivity index (χ3v) is 2.37. The smallest absolute Gasteiger partial charge is 0.129 e. The summed E-state index contributed by atoms with van der Waals surface area (Å²) in [5.41, 5.74) is 0.570. The Hall–Kier alpha value is -0.960. The van der Waals surface area contributed by atoms with Crippen molar-refractivity contribution in [3.8, 4) is 0 Å². The third-order valence-electron chi connectivity index (χ3n) is 2.37. The Bertz CT molecular complexity index is 300. The Kier molecular flexibility index (Phi) is 5.26. The van der Waals surface area contributed by atoms with Crippen LogP contribution in [0.2, 0.25) is 0 Å². The van der Waals surface area contributed by atoms with Crippen LogP contribution < -0.4 is 0 Å². The zero-order chi connectivity index (χ0) is 11.1. The van der Waals surface area contributed by atoms with Crippen molar-refractivity contribution < 1.29 is 13.9 Å². The van der Waals surface area contributed by atoms with Gasteiger partial charge in [0.15, 0.2) is 0 Å². The number of aryl methyl sites for hydroxylation is 1. The molecule has 0 bridgehead atoms. The minimum atomic E-state index is -0.531. The quantitative estimate of drug-likeness (QED) is 0.721. The number of rotatable bonds is 6. The summed E-state index contributed by atoms with van der Waals surface area (Å²) in [6, 6.07) is 3.70. The van der Waals surface area contributed by atoms with Crippen molar-refractivity contribution in [2.75, 3.05) is 6.61 Å². The Morgan fingerprint density at radius 3 is 2.40 bits per heavy atom. The van der Waals surface area contributed by atoms with Crippen LogP contribution in [0.3, 0.4) is 0 Å². The maximum absolute atomic E-state index is 13.1. The van der Waals surface area contributed by atoms with Gasteiger partial charge in [0.25, 0.3) is 0 Å². The second-order valence-electron chi connectivity index (χ2n) is 3.62. The average Bonchev–Trinajstić information content (AvgIpc) is 2.20. The summed E-state index contributed by atoms with van der Waals surface area (Å²) in [6.45, 7) is 0.213. The van der Waals surface area contributed by atoms with Crippen molar-refractivity contribution in [3.05, 3.63) is 35.4 Å². The number of hydrogen-bond acceptors (Lipinski definition) is 1. The van der Waals surface area contributed by atoms with Crippen molar-refractivity contribution in [2.24, 2.45) is 0 Å². The highest BCUT2D eigenvalue weighted by atomic mass is 19.1. The fraction of sp³-hybridized carbons (Fsp3) is 0.500. The van der Waals surface area contributed by atoms with E-state index in [1.165, 1.54) is 12.1 Å². The first-order valence-electron chi connectivity index (χ1n) is 5.29. The van der Waals surface area contributed by atoms with Crippen LogP contribution >= 0.6 is 0 Å². The predicted molar refractivity (Wildman–Crippen MR) is 55.6 cm³/mol. The van der Waals surface area contributed by atoms with E-state index < -0.39 is 11.6 Å². The van der Waals surface area contributed by atoms with Crippen LogP contribution in [0.25, 0.3) is 0 Å². The molecule has 0 saturated carbocycles. The first-order valence-corrected chi connectivity index (χ1v) is 5.29. The summed E-state index contributed by atoms with van der Waals surface area (Å²) in [7, 11) is 0. The number of aliphatic hydroxyl groups excluding tert-OH is 1. The predicted octanol–water partition coefficient (Wildman–Crippen LogP) is 3.06. The lowest BCUT2D eigenvalue weighted by Crippen LogP contribution is -1.92. The lowest BCUT2D eigenvalue weighted by molar-refractivity contribution is 0.282. The van der Waals surface area contributed by atoms with Gasteiger partial charge < -0.3 is 5.11 Å². The summed E-state index contributed by atoms with van der Waals surface area (Å²) in [6.07, 6.45) is 4.24. The molecule has 0 amide bonds.